The third-order valence-corrected chi connectivity index (χ3v) is 4.00. The van der Waals surface area contributed by atoms with Crippen molar-refractivity contribution in [3.8, 4) is 0 Å². The minimum atomic E-state index is -0.0921. The van der Waals surface area contributed by atoms with Gasteiger partial charge in [0.25, 0.3) is 0 Å². The number of amides is 1. The van der Waals surface area contributed by atoms with E-state index in [1.165, 1.54) is 6.33 Å². The second kappa shape index (κ2) is 6.27. The number of rotatable bonds is 4. The van der Waals surface area contributed by atoms with Gasteiger partial charge in [0.2, 0.25) is 5.91 Å². The van der Waals surface area contributed by atoms with Crippen molar-refractivity contribution in [2.24, 2.45) is 7.05 Å². The van der Waals surface area contributed by atoms with Gasteiger partial charge in [0.15, 0.2) is 5.65 Å². The number of para-hydroxylation sites is 1. The van der Waals surface area contributed by atoms with Gasteiger partial charge in [0, 0.05) is 19.8 Å². The van der Waals surface area contributed by atoms with Gasteiger partial charge >= 0.3 is 0 Å². The molecule has 1 amide bonds. The molecule has 2 aromatic heterocycles. The summed E-state index contributed by atoms with van der Waals surface area (Å²) in [5, 5.41) is 8.01. The van der Waals surface area contributed by atoms with Gasteiger partial charge in [-0.15, -0.1) is 0 Å². The van der Waals surface area contributed by atoms with Gasteiger partial charge in [-0.05, 0) is 25.0 Å². The first-order valence-corrected chi connectivity index (χ1v) is 7.67. The lowest BCUT2D eigenvalue weighted by Crippen LogP contribution is -2.31. The van der Waals surface area contributed by atoms with Gasteiger partial charge in [-0.2, -0.15) is 5.10 Å². The number of anilines is 2. The SMILES string of the molecule is Cc1cccc(C)c1NC(=O)CN(C)c1ncnc2c1cnn2C. The number of hydrogen-bond acceptors (Lipinski definition) is 5. The summed E-state index contributed by atoms with van der Waals surface area (Å²) < 4.78 is 1.69. The average molecular weight is 324 g/mol. The number of nitrogens with zero attached hydrogens (tertiary/aromatic N) is 5. The van der Waals surface area contributed by atoms with Crippen LogP contribution >= 0.6 is 0 Å². The molecule has 0 fully saturated rings. The molecule has 0 aliphatic rings. The molecule has 0 saturated heterocycles. The Morgan fingerprint density at radius 2 is 1.96 bits per heavy atom. The monoisotopic (exact) mass is 324 g/mol. The van der Waals surface area contributed by atoms with Crippen LogP contribution in [0.3, 0.4) is 0 Å². The van der Waals surface area contributed by atoms with E-state index in [2.05, 4.69) is 20.4 Å². The average Bonchev–Trinajstić information content (AvgIpc) is 2.92. The van der Waals surface area contributed by atoms with E-state index in [0.29, 0.717) is 5.82 Å². The number of aromatic nitrogens is 4. The Bertz CT molecular complexity index is 881. The molecule has 2 heterocycles. The van der Waals surface area contributed by atoms with E-state index in [1.807, 2.05) is 46.1 Å². The zero-order valence-electron chi connectivity index (χ0n) is 14.2. The van der Waals surface area contributed by atoms with Gasteiger partial charge in [0.1, 0.15) is 12.1 Å². The third kappa shape index (κ3) is 2.92. The summed E-state index contributed by atoms with van der Waals surface area (Å²) in [4.78, 5) is 22.7. The van der Waals surface area contributed by atoms with Crippen molar-refractivity contribution in [3.63, 3.8) is 0 Å². The molecule has 1 N–H and O–H groups in total. The molecule has 7 nitrogen and oxygen atoms in total. The van der Waals surface area contributed by atoms with E-state index in [-0.39, 0.29) is 12.5 Å². The molecule has 0 aliphatic heterocycles. The van der Waals surface area contributed by atoms with Gasteiger partial charge < -0.3 is 10.2 Å². The first-order chi connectivity index (χ1) is 11.5. The quantitative estimate of drug-likeness (QED) is 0.795. The summed E-state index contributed by atoms with van der Waals surface area (Å²) in [6.45, 7) is 4.15. The molecule has 0 bridgehead atoms. The third-order valence-electron chi connectivity index (χ3n) is 4.00. The van der Waals surface area contributed by atoms with Crippen LogP contribution in [0.2, 0.25) is 0 Å². The first kappa shape index (κ1) is 15.9. The predicted molar refractivity (Wildman–Crippen MR) is 94.1 cm³/mol. The Hall–Kier alpha value is -2.96. The molecule has 3 aromatic rings. The van der Waals surface area contributed by atoms with Crippen molar-refractivity contribution in [2.45, 2.75) is 13.8 Å². The second-order valence-corrected chi connectivity index (χ2v) is 5.87. The molecule has 0 saturated carbocycles. The number of hydrogen-bond donors (Lipinski definition) is 1. The summed E-state index contributed by atoms with van der Waals surface area (Å²) in [5.41, 5.74) is 3.69. The van der Waals surface area contributed by atoms with Crippen LogP contribution in [0.15, 0.2) is 30.7 Å². The van der Waals surface area contributed by atoms with Crippen LogP contribution in [0.1, 0.15) is 11.1 Å². The summed E-state index contributed by atoms with van der Waals surface area (Å²) in [7, 11) is 3.66. The second-order valence-electron chi connectivity index (χ2n) is 5.87. The van der Waals surface area contributed by atoms with Crippen LogP contribution < -0.4 is 10.2 Å². The van der Waals surface area contributed by atoms with Gasteiger partial charge in [0.05, 0.1) is 18.1 Å². The van der Waals surface area contributed by atoms with Crippen LogP contribution in [0, 0.1) is 13.8 Å². The van der Waals surface area contributed by atoms with Gasteiger partial charge in [-0.1, -0.05) is 18.2 Å². The summed E-state index contributed by atoms with van der Waals surface area (Å²) >= 11 is 0. The highest BCUT2D eigenvalue weighted by atomic mass is 16.2. The molecular weight excluding hydrogens is 304 g/mol. The smallest absolute Gasteiger partial charge is 0.243 e. The van der Waals surface area contributed by atoms with Crippen LogP contribution in [-0.4, -0.2) is 39.2 Å². The summed E-state index contributed by atoms with van der Waals surface area (Å²) in [5.74, 6) is 0.593. The molecule has 0 radical (unpaired) electrons. The number of carbonyl (C=O) groups excluding carboxylic acids is 1. The van der Waals surface area contributed by atoms with E-state index in [4.69, 9.17) is 0 Å². The van der Waals surface area contributed by atoms with E-state index in [1.54, 1.807) is 15.8 Å². The molecule has 124 valence electrons. The minimum Gasteiger partial charge on any atom is -0.350 e. The van der Waals surface area contributed by atoms with Crippen LogP contribution in [0.5, 0.6) is 0 Å². The highest BCUT2D eigenvalue weighted by Gasteiger charge is 2.15. The lowest BCUT2D eigenvalue weighted by atomic mass is 10.1. The Kier molecular flexibility index (Phi) is 4.16. The van der Waals surface area contributed by atoms with Crippen molar-refractivity contribution in [2.75, 3.05) is 23.8 Å². The Morgan fingerprint density at radius 1 is 1.25 bits per heavy atom. The lowest BCUT2D eigenvalue weighted by Gasteiger charge is -2.19. The normalized spacial score (nSPS) is 10.8. The molecule has 0 unspecified atom stereocenters. The maximum Gasteiger partial charge on any atom is 0.243 e. The number of nitrogens with one attached hydrogen (secondary N) is 1. The maximum atomic E-state index is 12.4. The largest absolute Gasteiger partial charge is 0.350 e. The van der Waals surface area contributed by atoms with Crippen molar-refractivity contribution in [1.29, 1.82) is 0 Å². The zero-order chi connectivity index (χ0) is 17.3. The number of fused-ring (bicyclic) bond motifs is 1. The van der Waals surface area contributed by atoms with Crippen molar-refractivity contribution < 1.29 is 4.79 Å². The van der Waals surface area contributed by atoms with Crippen molar-refractivity contribution in [1.82, 2.24) is 19.7 Å². The Balaban J connectivity index is 1.79. The van der Waals surface area contributed by atoms with Crippen molar-refractivity contribution >= 4 is 28.4 Å². The van der Waals surface area contributed by atoms with E-state index in [0.717, 1.165) is 27.8 Å². The maximum absolute atomic E-state index is 12.4. The van der Waals surface area contributed by atoms with Gasteiger partial charge in [-0.3, -0.25) is 9.48 Å². The molecule has 0 spiro atoms. The molecule has 7 heteroatoms. The fourth-order valence-corrected chi connectivity index (χ4v) is 2.73. The lowest BCUT2D eigenvalue weighted by molar-refractivity contribution is -0.114. The van der Waals surface area contributed by atoms with Crippen LogP contribution in [0.4, 0.5) is 11.5 Å². The van der Waals surface area contributed by atoms with Crippen LogP contribution in [0.25, 0.3) is 11.0 Å². The van der Waals surface area contributed by atoms with Crippen LogP contribution in [-0.2, 0) is 11.8 Å². The molecule has 0 atom stereocenters. The van der Waals surface area contributed by atoms with Gasteiger partial charge in [-0.25, -0.2) is 9.97 Å². The summed E-state index contributed by atoms with van der Waals surface area (Å²) in [6, 6.07) is 5.94. The Morgan fingerprint density at radius 3 is 2.67 bits per heavy atom. The van der Waals surface area contributed by atoms with E-state index < -0.39 is 0 Å². The fourth-order valence-electron chi connectivity index (χ4n) is 2.73. The van der Waals surface area contributed by atoms with E-state index in [9.17, 15) is 4.79 Å². The fraction of sp³-hybridized carbons (Fsp3) is 0.294. The molecule has 24 heavy (non-hydrogen) atoms. The standard InChI is InChI=1S/C17H20N6O/c1-11-6-5-7-12(2)15(11)21-14(24)9-22(3)16-13-8-20-23(4)17(13)19-10-18-16/h5-8,10H,9H2,1-4H3,(H,21,24). The number of likely N-dealkylation sites (N-methyl/N-ethyl adjacent to an activating group) is 1. The molecule has 3 rings (SSSR count). The minimum absolute atomic E-state index is 0.0921. The highest BCUT2D eigenvalue weighted by Crippen LogP contribution is 2.22. The Labute approximate surface area is 140 Å². The summed E-state index contributed by atoms with van der Waals surface area (Å²) in [6.07, 6.45) is 3.20. The van der Waals surface area contributed by atoms with Crippen molar-refractivity contribution in [3.05, 3.63) is 41.9 Å². The molecule has 0 aliphatic carbocycles. The topological polar surface area (TPSA) is 75.9 Å². The number of aryl methyl sites for hydroxylation is 3. The first-order valence-electron chi connectivity index (χ1n) is 7.67. The molecule has 1 aromatic carbocycles. The number of carbonyl (C=O) groups is 1. The predicted octanol–water partition coefficient (Wildman–Crippen LogP) is 2.06. The number of benzene rings is 1. The molecular formula is C17H20N6O. The highest BCUT2D eigenvalue weighted by molar-refractivity contribution is 5.96. The zero-order valence-corrected chi connectivity index (χ0v) is 14.2. The van der Waals surface area contributed by atoms with E-state index >= 15 is 0 Å².